The number of benzene rings is 1. The van der Waals surface area contributed by atoms with E-state index in [1.807, 2.05) is 13.0 Å². The van der Waals surface area contributed by atoms with Gasteiger partial charge in [0.15, 0.2) is 0 Å². The Kier molecular flexibility index (Phi) is 3.33. The van der Waals surface area contributed by atoms with Crippen LogP contribution in [0.1, 0.15) is 47.3 Å². The van der Waals surface area contributed by atoms with E-state index in [1.54, 1.807) is 6.92 Å². The third-order valence-electron chi connectivity index (χ3n) is 3.97. The summed E-state index contributed by atoms with van der Waals surface area (Å²) in [5.41, 5.74) is 3.10. The Balaban J connectivity index is 2.49. The zero-order valence-electron chi connectivity index (χ0n) is 11.4. The average Bonchev–Trinajstić information content (AvgIpc) is 2.34. The van der Waals surface area contributed by atoms with Crippen LogP contribution in [0.2, 0.25) is 0 Å². The van der Waals surface area contributed by atoms with Crippen LogP contribution in [0.3, 0.4) is 0 Å². The SMILES string of the molecule is CC[C@@H](C)[C@@H]1Cc2c(C)cc(C)c(O)c2C(=O)O1. The molecule has 0 unspecified atom stereocenters. The molecule has 0 bridgehead atoms. The molecule has 0 fully saturated rings. The van der Waals surface area contributed by atoms with Crippen LogP contribution in [-0.2, 0) is 11.2 Å². The first-order valence-corrected chi connectivity index (χ1v) is 6.48. The fraction of sp³-hybridized carbons (Fsp3) is 0.533. The third kappa shape index (κ3) is 1.98. The van der Waals surface area contributed by atoms with Gasteiger partial charge in [-0.2, -0.15) is 0 Å². The van der Waals surface area contributed by atoms with Gasteiger partial charge in [0.05, 0.1) is 0 Å². The highest BCUT2D eigenvalue weighted by Crippen LogP contribution is 2.35. The van der Waals surface area contributed by atoms with E-state index < -0.39 is 0 Å². The Labute approximate surface area is 108 Å². The number of hydrogen-bond acceptors (Lipinski definition) is 3. The van der Waals surface area contributed by atoms with Crippen molar-refractivity contribution in [1.29, 1.82) is 0 Å². The molecule has 0 amide bonds. The van der Waals surface area contributed by atoms with Crippen LogP contribution in [0.15, 0.2) is 6.07 Å². The molecule has 0 saturated heterocycles. The number of hydrogen-bond donors (Lipinski definition) is 1. The summed E-state index contributed by atoms with van der Waals surface area (Å²) in [4.78, 5) is 12.1. The van der Waals surface area contributed by atoms with Gasteiger partial charge in [0.25, 0.3) is 0 Å². The maximum Gasteiger partial charge on any atom is 0.342 e. The molecule has 2 rings (SSSR count). The van der Waals surface area contributed by atoms with Crippen molar-refractivity contribution in [3.8, 4) is 5.75 Å². The van der Waals surface area contributed by atoms with Crippen LogP contribution >= 0.6 is 0 Å². The zero-order chi connectivity index (χ0) is 13.4. The number of aryl methyl sites for hydroxylation is 2. The van der Waals surface area contributed by atoms with Crippen LogP contribution in [0.4, 0.5) is 0 Å². The average molecular weight is 248 g/mol. The molecule has 18 heavy (non-hydrogen) atoms. The number of ether oxygens (including phenoxy) is 1. The maximum atomic E-state index is 12.1. The van der Waals surface area contributed by atoms with Crippen LogP contribution in [0.5, 0.6) is 5.75 Å². The van der Waals surface area contributed by atoms with Crippen molar-refractivity contribution in [3.05, 3.63) is 28.3 Å². The van der Waals surface area contributed by atoms with Gasteiger partial charge in [-0.1, -0.05) is 26.3 Å². The Bertz CT molecular complexity index is 491. The number of cyclic esters (lactones) is 1. The molecule has 2 atom stereocenters. The molecule has 3 heteroatoms. The summed E-state index contributed by atoms with van der Waals surface area (Å²) in [6.45, 7) is 7.97. The van der Waals surface area contributed by atoms with Crippen LogP contribution in [0.25, 0.3) is 0 Å². The number of phenols is 1. The molecule has 1 N–H and O–H groups in total. The lowest BCUT2D eigenvalue weighted by Crippen LogP contribution is -2.33. The molecule has 0 spiro atoms. The van der Waals surface area contributed by atoms with E-state index in [2.05, 4.69) is 13.8 Å². The summed E-state index contributed by atoms with van der Waals surface area (Å²) in [6, 6.07) is 1.93. The molecule has 0 aliphatic carbocycles. The molecule has 98 valence electrons. The van der Waals surface area contributed by atoms with Crippen molar-refractivity contribution in [2.24, 2.45) is 5.92 Å². The Hall–Kier alpha value is -1.51. The second-order valence-electron chi connectivity index (χ2n) is 5.25. The minimum absolute atomic E-state index is 0.0724. The van der Waals surface area contributed by atoms with E-state index in [0.717, 1.165) is 23.1 Å². The monoisotopic (exact) mass is 248 g/mol. The number of esters is 1. The Morgan fingerprint density at radius 2 is 2.11 bits per heavy atom. The standard InChI is InChI=1S/C15H20O3/c1-5-8(2)12-7-11-9(3)6-10(4)14(16)13(11)15(17)18-12/h6,8,12,16H,5,7H2,1-4H3/t8-,12+/m1/s1. The molecule has 1 heterocycles. The first-order chi connectivity index (χ1) is 8.45. The molecular weight excluding hydrogens is 228 g/mol. The van der Waals surface area contributed by atoms with Crippen molar-refractivity contribution in [3.63, 3.8) is 0 Å². The van der Waals surface area contributed by atoms with Crippen LogP contribution in [-0.4, -0.2) is 17.2 Å². The van der Waals surface area contributed by atoms with Crippen molar-refractivity contribution >= 4 is 5.97 Å². The number of aromatic hydroxyl groups is 1. The molecule has 0 aromatic heterocycles. The number of phenolic OH excluding ortho intramolecular Hbond substituents is 1. The summed E-state index contributed by atoms with van der Waals surface area (Å²) in [7, 11) is 0. The van der Waals surface area contributed by atoms with E-state index in [0.29, 0.717) is 17.9 Å². The molecule has 0 radical (unpaired) electrons. The second kappa shape index (κ2) is 4.63. The quantitative estimate of drug-likeness (QED) is 0.818. The highest BCUT2D eigenvalue weighted by atomic mass is 16.5. The summed E-state index contributed by atoms with van der Waals surface area (Å²) in [6.07, 6.45) is 1.61. The fourth-order valence-corrected chi connectivity index (χ4v) is 2.52. The number of fused-ring (bicyclic) bond motifs is 1. The summed E-state index contributed by atoms with van der Waals surface area (Å²) >= 11 is 0. The minimum atomic E-state index is -0.383. The fourth-order valence-electron chi connectivity index (χ4n) is 2.52. The third-order valence-corrected chi connectivity index (χ3v) is 3.97. The Morgan fingerprint density at radius 3 is 2.72 bits per heavy atom. The lowest BCUT2D eigenvalue weighted by atomic mass is 9.87. The van der Waals surface area contributed by atoms with E-state index in [1.165, 1.54) is 0 Å². The second-order valence-corrected chi connectivity index (χ2v) is 5.25. The molecular formula is C15H20O3. The van der Waals surface area contributed by atoms with Crippen molar-refractivity contribution < 1.29 is 14.6 Å². The Morgan fingerprint density at radius 1 is 1.44 bits per heavy atom. The van der Waals surface area contributed by atoms with Gasteiger partial charge in [-0.05, 0) is 36.5 Å². The van der Waals surface area contributed by atoms with Gasteiger partial charge < -0.3 is 9.84 Å². The molecule has 1 aliphatic heterocycles. The predicted molar refractivity (Wildman–Crippen MR) is 69.9 cm³/mol. The van der Waals surface area contributed by atoms with Gasteiger partial charge in [0, 0.05) is 6.42 Å². The molecule has 1 aliphatic rings. The smallest absolute Gasteiger partial charge is 0.342 e. The van der Waals surface area contributed by atoms with E-state index >= 15 is 0 Å². The number of carbonyl (C=O) groups is 1. The summed E-state index contributed by atoms with van der Waals surface area (Å²) in [5, 5.41) is 10.0. The summed E-state index contributed by atoms with van der Waals surface area (Å²) < 4.78 is 5.46. The maximum absolute atomic E-state index is 12.1. The molecule has 1 aromatic carbocycles. The minimum Gasteiger partial charge on any atom is -0.507 e. The number of rotatable bonds is 2. The molecule has 1 aromatic rings. The van der Waals surface area contributed by atoms with Crippen molar-refractivity contribution in [1.82, 2.24) is 0 Å². The first-order valence-electron chi connectivity index (χ1n) is 6.48. The lowest BCUT2D eigenvalue weighted by molar-refractivity contribution is 0.0103. The lowest BCUT2D eigenvalue weighted by Gasteiger charge is -2.30. The van der Waals surface area contributed by atoms with Gasteiger partial charge in [-0.3, -0.25) is 0 Å². The van der Waals surface area contributed by atoms with E-state index in [4.69, 9.17) is 4.74 Å². The van der Waals surface area contributed by atoms with Gasteiger partial charge >= 0.3 is 5.97 Å². The predicted octanol–water partition coefficient (Wildman–Crippen LogP) is 3.14. The summed E-state index contributed by atoms with van der Waals surface area (Å²) in [5.74, 6) is 0.0268. The van der Waals surface area contributed by atoms with Gasteiger partial charge in [0.2, 0.25) is 0 Å². The zero-order valence-corrected chi connectivity index (χ0v) is 11.4. The van der Waals surface area contributed by atoms with Crippen molar-refractivity contribution in [2.45, 2.75) is 46.6 Å². The van der Waals surface area contributed by atoms with E-state index in [-0.39, 0.29) is 17.8 Å². The van der Waals surface area contributed by atoms with Gasteiger partial charge in [0.1, 0.15) is 17.4 Å². The molecule has 3 nitrogen and oxygen atoms in total. The highest BCUT2D eigenvalue weighted by Gasteiger charge is 2.33. The van der Waals surface area contributed by atoms with Gasteiger partial charge in [-0.15, -0.1) is 0 Å². The topological polar surface area (TPSA) is 46.5 Å². The number of carbonyl (C=O) groups excluding carboxylic acids is 1. The van der Waals surface area contributed by atoms with Crippen LogP contribution in [0, 0.1) is 19.8 Å². The van der Waals surface area contributed by atoms with Gasteiger partial charge in [-0.25, -0.2) is 4.79 Å². The first kappa shape index (κ1) is 12.9. The molecule has 0 saturated carbocycles. The largest absolute Gasteiger partial charge is 0.507 e. The normalized spacial score (nSPS) is 20.2. The van der Waals surface area contributed by atoms with Crippen molar-refractivity contribution in [2.75, 3.05) is 0 Å². The van der Waals surface area contributed by atoms with E-state index in [9.17, 15) is 9.90 Å². The van der Waals surface area contributed by atoms with Crippen LogP contribution < -0.4 is 0 Å². The highest BCUT2D eigenvalue weighted by molar-refractivity contribution is 5.96.